The largest absolute Gasteiger partial charge is 0.491 e. The number of benzene rings is 1. The Labute approximate surface area is 184 Å². The van der Waals surface area contributed by atoms with E-state index in [1.165, 1.54) is 0 Å². The number of Topliss-reactive ketones (excluding diaryl/α,β-unsaturated/α-hetero) is 1. The molecule has 0 bridgehead atoms. The number of ether oxygens (including phenoxy) is 1. The third kappa shape index (κ3) is 7.96. The lowest BCUT2D eigenvalue weighted by Crippen LogP contribution is -2.24. The van der Waals surface area contributed by atoms with Gasteiger partial charge in [-0.25, -0.2) is 0 Å². The van der Waals surface area contributed by atoms with Crippen molar-refractivity contribution >= 4 is 11.7 Å². The number of aliphatic hydroxyl groups is 2. The molecule has 0 spiro atoms. The number of rotatable bonds is 12. The number of amides is 1. The number of unbranched alkanes of at least 4 members (excludes halogenated alkanes) is 1. The molecule has 0 saturated heterocycles. The second kappa shape index (κ2) is 11.8. The fourth-order valence-electron chi connectivity index (χ4n) is 3.72. The lowest BCUT2D eigenvalue weighted by atomic mass is 9.95. The van der Waals surface area contributed by atoms with Gasteiger partial charge in [-0.2, -0.15) is 0 Å². The summed E-state index contributed by atoms with van der Waals surface area (Å²) in [5.41, 5.74) is 0.597. The van der Waals surface area contributed by atoms with Crippen molar-refractivity contribution in [3.8, 4) is 5.75 Å². The number of carbonyl (C=O) groups excluding carboxylic acids is 2. The molecule has 1 amide bonds. The van der Waals surface area contributed by atoms with E-state index in [0.29, 0.717) is 36.6 Å². The summed E-state index contributed by atoms with van der Waals surface area (Å²) in [5, 5.41) is 23.4. The average molecular weight is 428 g/mol. The number of allylic oxidation sites excluding steroid dienone is 2. The van der Waals surface area contributed by atoms with E-state index < -0.39 is 12.2 Å². The molecule has 0 aromatic heterocycles. The smallest absolute Gasteiger partial charge is 0.220 e. The maximum absolute atomic E-state index is 12.3. The summed E-state index contributed by atoms with van der Waals surface area (Å²) in [5.74, 6) is 0.505. The first-order valence-electron chi connectivity index (χ1n) is 11.2. The molecule has 0 unspecified atom stereocenters. The highest BCUT2D eigenvalue weighted by atomic mass is 16.5. The molecule has 2 aliphatic carbocycles. The zero-order valence-corrected chi connectivity index (χ0v) is 17.9. The Morgan fingerprint density at radius 1 is 1.23 bits per heavy atom. The van der Waals surface area contributed by atoms with E-state index in [1.54, 1.807) is 6.08 Å². The molecule has 0 radical (unpaired) electrons. The molecule has 3 rings (SSSR count). The molecule has 168 valence electrons. The van der Waals surface area contributed by atoms with Crippen molar-refractivity contribution in [3.05, 3.63) is 54.1 Å². The fraction of sp³-hybridized carbons (Fsp3) is 0.520. The third-order valence-electron chi connectivity index (χ3n) is 5.65. The van der Waals surface area contributed by atoms with Gasteiger partial charge >= 0.3 is 0 Å². The highest BCUT2D eigenvalue weighted by molar-refractivity contribution is 5.98. The summed E-state index contributed by atoms with van der Waals surface area (Å²) in [7, 11) is 0. The van der Waals surface area contributed by atoms with Gasteiger partial charge in [0.15, 0.2) is 5.78 Å². The normalized spacial score (nSPS) is 23.4. The van der Waals surface area contributed by atoms with E-state index in [2.05, 4.69) is 5.32 Å². The van der Waals surface area contributed by atoms with Gasteiger partial charge in [-0.3, -0.25) is 9.59 Å². The lowest BCUT2D eigenvalue weighted by Gasteiger charge is -2.14. The molecule has 0 heterocycles. The van der Waals surface area contributed by atoms with Crippen LogP contribution in [0.1, 0.15) is 51.4 Å². The van der Waals surface area contributed by atoms with Crippen molar-refractivity contribution in [1.82, 2.24) is 5.32 Å². The van der Waals surface area contributed by atoms with E-state index in [1.807, 2.05) is 42.5 Å². The van der Waals surface area contributed by atoms with Crippen LogP contribution in [0.4, 0.5) is 0 Å². The van der Waals surface area contributed by atoms with Gasteiger partial charge < -0.3 is 20.3 Å². The number of carbonyl (C=O) groups is 2. The van der Waals surface area contributed by atoms with Crippen LogP contribution < -0.4 is 10.1 Å². The Bertz CT molecular complexity index is 784. The van der Waals surface area contributed by atoms with E-state index in [0.717, 1.165) is 25.7 Å². The SMILES string of the molecule is O=C(CCC/C=C\C[C@@H]1C(=CC[C@@H](O)COc2ccccc2)C(=O)C[C@@H]1O)NC1CC1. The summed E-state index contributed by atoms with van der Waals surface area (Å²) in [6.45, 7) is 0.142. The predicted octanol–water partition coefficient (Wildman–Crippen LogP) is 3.09. The van der Waals surface area contributed by atoms with Crippen LogP contribution in [0.2, 0.25) is 0 Å². The van der Waals surface area contributed by atoms with Crippen molar-refractivity contribution in [3.63, 3.8) is 0 Å². The van der Waals surface area contributed by atoms with Crippen molar-refractivity contribution < 1.29 is 24.5 Å². The number of ketones is 1. The molecule has 3 atom stereocenters. The van der Waals surface area contributed by atoms with Crippen molar-refractivity contribution in [2.45, 2.75) is 69.6 Å². The van der Waals surface area contributed by atoms with E-state index >= 15 is 0 Å². The highest BCUT2D eigenvalue weighted by Gasteiger charge is 2.35. The Kier molecular flexibility index (Phi) is 8.85. The Morgan fingerprint density at radius 2 is 2.00 bits per heavy atom. The minimum absolute atomic E-state index is 0.0566. The highest BCUT2D eigenvalue weighted by Crippen LogP contribution is 2.32. The van der Waals surface area contributed by atoms with Crippen molar-refractivity contribution in [2.24, 2.45) is 5.92 Å². The van der Waals surface area contributed by atoms with Gasteiger partial charge in [-0.05, 0) is 56.2 Å². The summed E-state index contributed by atoms with van der Waals surface area (Å²) < 4.78 is 5.55. The topological polar surface area (TPSA) is 95.9 Å². The molecule has 1 aromatic rings. The summed E-state index contributed by atoms with van der Waals surface area (Å²) in [4.78, 5) is 23.9. The Balaban J connectivity index is 1.40. The van der Waals surface area contributed by atoms with Crippen LogP contribution in [0.3, 0.4) is 0 Å². The van der Waals surface area contributed by atoms with Gasteiger partial charge in [0.05, 0.1) is 12.2 Å². The first-order chi connectivity index (χ1) is 15.0. The van der Waals surface area contributed by atoms with Crippen LogP contribution >= 0.6 is 0 Å². The van der Waals surface area contributed by atoms with Gasteiger partial charge in [0.2, 0.25) is 5.91 Å². The van der Waals surface area contributed by atoms with Crippen molar-refractivity contribution in [2.75, 3.05) is 6.61 Å². The predicted molar refractivity (Wildman–Crippen MR) is 119 cm³/mol. The minimum Gasteiger partial charge on any atom is -0.491 e. The van der Waals surface area contributed by atoms with Gasteiger partial charge in [0, 0.05) is 24.8 Å². The molecular formula is C25H33NO5. The van der Waals surface area contributed by atoms with Crippen LogP contribution in [0, 0.1) is 5.92 Å². The lowest BCUT2D eigenvalue weighted by molar-refractivity contribution is -0.121. The van der Waals surface area contributed by atoms with Gasteiger partial charge in [-0.15, -0.1) is 0 Å². The maximum Gasteiger partial charge on any atom is 0.220 e. The van der Waals surface area contributed by atoms with E-state index in [-0.39, 0.29) is 30.6 Å². The molecule has 6 nitrogen and oxygen atoms in total. The molecule has 31 heavy (non-hydrogen) atoms. The number of aliphatic hydroxyl groups excluding tert-OH is 2. The zero-order chi connectivity index (χ0) is 22.1. The number of hydrogen-bond acceptors (Lipinski definition) is 5. The monoisotopic (exact) mass is 427 g/mol. The standard InChI is InChI=1S/C25H33NO5/c27-19(17-31-20-8-4-3-5-9-20)14-15-22-21(23(28)16-24(22)29)10-6-1-2-7-11-25(30)26-18-12-13-18/h1,3-6,8-9,15,18-19,21,23,27-28H,2,7,10-14,16-17H2,(H,26,30)/b6-1-,22-15?/t19-,21-,23+/m1/s1. The average Bonchev–Trinajstić information content (AvgIpc) is 3.52. The van der Waals surface area contributed by atoms with Crippen LogP contribution in [-0.4, -0.2) is 46.8 Å². The quantitative estimate of drug-likeness (QED) is 0.271. The van der Waals surface area contributed by atoms with Crippen LogP contribution in [0.5, 0.6) is 5.75 Å². The Morgan fingerprint density at radius 3 is 2.74 bits per heavy atom. The maximum atomic E-state index is 12.3. The first-order valence-corrected chi connectivity index (χ1v) is 11.2. The number of nitrogens with one attached hydrogen (secondary N) is 1. The molecule has 2 saturated carbocycles. The molecule has 1 aromatic carbocycles. The van der Waals surface area contributed by atoms with Crippen LogP contribution in [0.25, 0.3) is 0 Å². The first kappa shape index (κ1) is 23.2. The second-order valence-corrected chi connectivity index (χ2v) is 8.42. The zero-order valence-electron chi connectivity index (χ0n) is 17.9. The van der Waals surface area contributed by atoms with Gasteiger partial charge in [0.1, 0.15) is 12.4 Å². The summed E-state index contributed by atoms with van der Waals surface area (Å²) in [6.07, 6.45) is 9.64. The minimum atomic E-state index is -0.726. The van der Waals surface area contributed by atoms with E-state index in [9.17, 15) is 19.8 Å². The summed E-state index contributed by atoms with van der Waals surface area (Å²) in [6, 6.07) is 9.67. The van der Waals surface area contributed by atoms with Gasteiger partial charge in [-0.1, -0.05) is 36.4 Å². The van der Waals surface area contributed by atoms with Crippen LogP contribution in [-0.2, 0) is 9.59 Å². The number of para-hydroxylation sites is 1. The summed E-state index contributed by atoms with van der Waals surface area (Å²) >= 11 is 0. The molecule has 6 heteroatoms. The molecule has 2 fully saturated rings. The second-order valence-electron chi connectivity index (χ2n) is 8.42. The molecular weight excluding hydrogens is 394 g/mol. The van der Waals surface area contributed by atoms with E-state index in [4.69, 9.17) is 4.74 Å². The third-order valence-corrected chi connectivity index (χ3v) is 5.65. The molecule has 3 N–H and O–H groups in total. The van der Waals surface area contributed by atoms with Crippen molar-refractivity contribution in [1.29, 1.82) is 0 Å². The Hall–Kier alpha value is -2.44. The van der Waals surface area contributed by atoms with Gasteiger partial charge in [0.25, 0.3) is 0 Å². The van der Waals surface area contributed by atoms with Crippen LogP contribution in [0.15, 0.2) is 54.1 Å². The fourth-order valence-corrected chi connectivity index (χ4v) is 3.72. The molecule has 2 aliphatic rings. The number of hydrogen-bond donors (Lipinski definition) is 3. The molecule has 0 aliphatic heterocycles.